The van der Waals surface area contributed by atoms with Crippen LogP contribution in [0.3, 0.4) is 0 Å². The highest BCUT2D eigenvalue weighted by atomic mass is 16.5. The highest BCUT2D eigenvalue weighted by molar-refractivity contribution is 5.30. The Morgan fingerprint density at radius 1 is 1.09 bits per heavy atom. The Hall–Kier alpha value is -1.61. The summed E-state index contributed by atoms with van der Waals surface area (Å²) < 4.78 is 5.57. The van der Waals surface area contributed by atoms with Crippen LogP contribution in [0.2, 0.25) is 0 Å². The van der Waals surface area contributed by atoms with Gasteiger partial charge in [-0.25, -0.2) is 0 Å². The van der Waals surface area contributed by atoms with Gasteiger partial charge in [-0.15, -0.1) is 0 Å². The third-order valence-corrected chi connectivity index (χ3v) is 5.56. The van der Waals surface area contributed by atoms with E-state index in [0.717, 1.165) is 11.8 Å². The summed E-state index contributed by atoms with van der Waals surface area (Å²) in [5.74, 6) is 2.03. The summed E-state index contributed by atoms with van der Waals surface area (Å²) in [6, 6.07) is 12.4. The van der Waals surface area contributed by atoms with Crippen LogP contribution in [-0.2, 0) is 0 Å². The maximum atomic E-state index is 5.57. The number of likely N-dealkylation sites (N-methyl/N-ethyl adjacent to an activating group) is 1. The average molecular weight is 312 g/mol. The second kappa shape index (κ2) is 6.88. The average Bonchev–Trinajstić information content (AvgIpc) is 3.18. The number of rotatable bonds is 2. The molecule has 2 aliphatic heterocycles. The van der Waals surface area contributed by atoms with Crippen LogP contribution in [0, 0.1) is 6.92 Å². The summed E-state index contributed by atoms with van der Waals surface area (Å²) >= 11 is 0. The number of hydrogen-bond donors (Lipinski definition) is 0. The van der Waals surface area contributed by atoms with E-state index in [-0.39, 0.29) is 0 Å². The quantitative estimate of drug-likeness (QED) is 0.802. The van der Waals surface area contributed by atoms with Crippen molar-refractivity contribution in [3.63, 3.8) is 0 Å². The smallest absolute Gasteiger partial charge is 0.141 e. The first-order valence-electron chi connectivity index (χ1n) is 8.93. The van der Waals surface area contributed by atoms with Gasteiger partial charge < -0.3 is 4.52 Å². The Bertz CT molecular complexity index is 605. The topological polar surface area (TPSA) is 29.3 Å². The van der Waals surface area contributed by atoms with Gasteiger partial charge in [0.1, 0.15) is 5.76 Å². The van der Waals surface area contributed by atoms with E-state index in [1.165, 1.54) is 30.4 Å². The molecule has 124 valence electrons. The SMILES string of the molecule is CC.Cc1ccc([C@H]2C[C@H]3CCC([C@H]2c2ccno2)N3C)cc1. The third-order valence-electron chi connectivity index (χ3n) is 5.56. The molecule has 2 saturated heterocycles. The molecule has 3 heteroatoms. The number of benzene rings is 1. The molecule has 23 heavy (non-hydrogen) atoms. The number of aryl methyl sites for hydroxylation is 1. The summed E-state index contributed by atoms with van der Waals surface area (Å²) in [6.07, 6.45) is 5.59. The normalized spacial score (nSPS) is 29.9. The van der Waals surface area contributed by atoms with E-state index >= 15 is 0 Å². The first kappa shape index (κ1) is 16.3. The minimum absolute atomic E-state index is 0.430. The van der Waals surface area contributed by atoms with E-state index in [1.807, 2.05) is 13.8 Å². The van der Waals surface area contributed by atoms with Gasteiger partial charge >= 0.3 is 0 Å². The van der Waals surface area contributed by atoms with Crippen molar-refractivity contribution >= 4 is 0 Å². The molecular formula is C20H28N2O. The highest BCUT2D eigenvalue weighted by Gasteiger charge is 2.47. The molecular weight excluding hydrogens is 284 g/mol. The molecule has 4 atom stereocenters. The summed E-state index contributed by atoms with van der Waals surface area (Å²) in [4.78, 5) is 2.57. The van der Waals surface area contributed by atoms with E-state index in [0.29, 0.717) is 17.9 Å². The van der Waals surface area contributed by atoms with Crippen molar-refractivity contribution in [3.8, 4) is 0 Å². The van der Waals surface area contributed by atoms with Crippen molar-refractivity contribution in [2.45, 2.75) is 64.0 Å². The van der Waals surface area contributed by atoms with Crippen molar-refractivity contribution in [2.75, 3.05) is 7.05 Å². The largest absolute Gasteiger partial charge is 0.361 e. The van der Waals surface area contributed by atoms with Gasteiger partial charge in [-0.1, -0.05) is 48.8 Å². The number of fused-ring (bicyclic) bond motifs is 2. The van der Waals surface area contributed by atoms with Gasteiger partial charge in [0, 0.05) is 24.1 Å². The van der Waals surface area contributed by atoms with Crippen LogP contribution in [0.15, 0.2) is 41.1 Å². The molecule has 1 aromatic heterocycles. The minimum atomic E-state index is 0.430. The zero-order valence-electron chi connectivity index (χ0n) is 14.7. The first-order valence-corrected chi connectivity index (χ1v) is 8.93. The van der Waals surface area contributed by atoms with E-state index < -0.39 is 0 Å². The van der Waals surface area contributed by atoms with Crippen LogP contribution < -0.4 is 0 Å². The van der Waals surface area contributed by atoms with Crippen LogP contribution in [0.5, 0.6) is 0 Å². The molecule has 0 N–H and O–H groups in total. The maximum absolute atomic E-state index is 5.57. The van der Waals surface area contributed by atoms with Crippen LogP contribution >= 0.6 is 0 Å². The number of hydrogen-bond acceptors (Lipinski definition) is 3. The van der Waals surface area contributed by atoms with Crippen molar-refractivity contribution < 1.29 is 4.52 Å². The molecule has 3 heterocycles. The van der Waals surface area contributed by atoms with Crippen molar-refractivity contribution in [3.05, 3.63) is 53.4 Å². The fourth-order valence-electron chi connectivity index (χ4n) is 4.41. The monoisotopic (exact) mass is 312 g/mol. The molecule has 2 aromatic rings. The Balaban J connectivity index is 0.000000753. The predicted molar refractivity (Wildman–Crippen MR) is 93.7 cm³/mol. The molecule has 0 saturated carbocycles. The molecule has 2 fully saturated rings. The Morgan fingerprint density at radius 2 is 1.83 bits per heavy atom. The summed E-state index contributed by atoms with van der Waals surface area (Å²) in [5, 5.41) is 3.95. The Labute approximate surface area is 139 Å². The standard InChI is InChI=1S/C18H22N2O.C2H6/c1-12-3-5-13(6-4-12)15-11-14-7-8-16(20(14)2)18(15)17-9-10-19-21-17;1-2/h3-6,9-10,14-16,18H,7-8,11H2,1-2H3;1-2H3/t14-,15-,16?,18+;/m1./s1. The fraction of sp³-hybridized carbons (Fsp3) is 0.550. The third kappa shape index (κ3) is 2.94. The van der Waals surface area contributed by atoms with Gasteiger partial charge in [0.05, 0.1) is 6.20 Å². The molecule has 0 aliphatic carbocycles. The van der Waals surface area contributed by atoms with Crippen molar-refractivity contribution in [2.24, 2.45) is 0 Å². The van der Waals surface area contributed by atoms with E-state index in [1.54, 1.807) is 6.20 Å². The highest BCUT2D eigenvalue weighted by Crippen LogP contribution is 2.50. The summed E-state index contributed by atoms with van der Waals surface area (Å²) in [5.41, 5.74) is 2.78. The molecule has 2 aliphatic rings. The van der Waals surface area contributed by atoms with Gasteiger partial charge in [0.2, 0.25) is 0 Å². The lowest BCUT2D eigenvalue weighted by Crippen LogP contribution is -2.44. The maximum Gasteiger partial charge on any atom is 0.141 e. The Morgan fingerprint density at radius 3 is 2.48 bits per heavy atom. The van der Waals surface area contributed by atoms with Crippen LogP contribution in [0.25, 0.3) is 0 Å². The van der Waals surface area contributed by atoms with Crippen LogP contribution in [0.4, 0.5) is 0 Å². The number of aromatic nitrogens is 1. The summed E-state index contributed by atoms with van der Waals surface area (Å²) in [6.45, 7) is 6.15. The summed E-state index contributed by atoms with van der Waals surface area (Å²) in [7, 11) is 2.27. The molecule has 0 amide bonds. The zero-order valence-corrected chi connectivity index (χ0v) is 14.7. The number of piperidine rings is 1. The molecule has 2 bridgehead atoms. The van der Waals surface area contributed by atoms with Gasteiger partial charge in [-0.2, -0.15) is 0 Å². The lowest BCUT2D eigenvalue weighted by atomic mass is 9.75. The lowest BCUT2D eigenvalue weighted by molar-refractivity contribution is 0.122. The molecule has 1 unspecified atom stereocenters. The second-order valence-corrected chi connectivity index (χ2v) is 6.66. The predicted octanol–water partition coefficient (Wildman–Crippen LogP) is 4.74. The minimum Gasteiger partial charge on any atom is -0.361 e. The molecule has 0 spiro atoms. The van der Waals surface area contributed by atoms with Gasteiger partial charge in [0.25, 0.3) is 0 Å². The van der Waals surface area contributed by atoms with Crippen molar-refractivity contribution in [1.29, 1.82) is 0 Å². The van der Waals surface area contributed by atoms with Gasteiger partial charge in [-0.3, -0.25) is 4.90 Å². The number of nitrogens with zero attached hydrogens (tertiary/aromatic N) is 2. The second-order valence-electron chi connectivity index (χ2n) is 6.66. The van der Waals surface area contributed by atoms with E-state index in [4.69, 9.17) is 4.52 Å². The molecule has 4 rings (SSSR count). The van der Waals surface area contributed by atoms with Crippen molar-refractivity contribution in [1.82, 2.24) is 10.1 Å². The van der Waals surface area contributed by atoms with Gasteiger partial charge in [0.15, 0.2) is 0 Å². The van der Waals surface area contributed by atoms with E-state index in [2.05, 4.69) is 54.4 Å². The first-order chi connectivity index (χ1) is 11.2. The Kier molecular flexibility index (Phi) is 4.86. The van der Waals surface area contributed by atoms with Crippen LogP contribution in [0.1, 0.15) is 61.8 Å². The molecule has 3 nitrogen and oxygen atoms in total. The fourth-order valence-corrected chi connectivity index (χ4v) is 4.41. The molecule has 1 aromatic carbocycles. The molecule has 0 radical (unpaired) electrons. The lowest BCUT2D eigenvalue weighted by Gasteiger charge is -2.42. The van der Waals surface area contributed by atoms with E-state index in [9.17, 15) is 0 Å². The van der Waals surface area contributed by atoms with Gasteiger partial charge in [-0.05, 0) is 44.7 Å². The van der Waals surface area contributed by atoms with Crippen LogP contribution in [-0.4, -0.2) is 29.2 Å². The zero-order chi connectivity index (χ0) is 16.4.